The predicted molar refractivity (Wildman–Crippen MR) is 117 cm³/mol. The summed E-state index contributed by atoms with van der Waals surface area (Å²) in [6.45, 7) is 4.69. The molecule has 0 radical (unpaired) electrons. The van der Waals surface area contributed by atoms with Crippen LogP contribution in [0.25, 0.3) is 17.3 Å². The molecule has 0 aromatic heterocycles. The lowest BCUT2D eigenvalue weighted by atomic mass is 9.90. The van der Waals surface area contributed by atoms with Crippen LogP contribution in [0.5, 0.6) is 0 Å². The average molecular weight is 440 g/mol. The van der Waals surface area contributed by atoms with Crippen LogP contribution in [0, 0.1) is 11.6 Å². The fourth-order valence-electron chi connectivity index (χ4n) is 4.29. The van der Waals surface area contributed by atoms with E-state index >= 15 is 8.78 Å². The molecule has 0 fully saturated rings. The minimum atomic E-state index is -1.61. The molecule has 0 amide bonds. The number of nitrogens with zero attached hydrogens (tertiary/aromatic N) is 2. The number of fused-ring (bicyclic) bond motifs is 2. The summed E-state index contributed by atoms with van der Waals surface area (Å²) in [4.78, 5) is 17.1. The molecule has 1 atom stereocenters. The Balaban J connectivity index is 1.98. The van der Waals surface area contributed by atoms with E-state index in [0.717, 1.165) is 35.1 Å². The summed E-state index contributed by atoms with van der Waals surface area (Å²) in [5, 5.41) is 10.4. The first-order chi connectivity index (χ1) is 15.0. The number of carbonyl (C=O) groups is 1. The summed E-state index contributed by atoms with van der Waals surface area (Å²) >= 11 is 0. The van der Waals surface area contributed by atoms with E-state index in [2.05, 4.69) is 4.99 Å². The molecule has 2 aromatic carbocycles. The van der Waals surface area contributed by atoms with Crippen molar-refractivity contribution in [1.29, 1.82) is 0 Å². The van der Waals surface area contributed by atoms with Gasteiger partial charge in [-0.3, -0.25) is 0 Å². The van der Waals surface area contributed by atoms with Crippen molar-refractivity contribution >= 4 is 23.3 Å². The molecule has 0 aliphatic carbocycles. The van der Waals surface area contributed by atoms with Crippen molar-refractivity contribution in [3.8, 4) is 0 Å². The Hall–Kier alpha value is -3.35. The van der Waals surface area contributed by atoms with Crippen molar-refractivity contribution in [3.05, 3.63) is 81.5 Å². The third-order valence-corrected chi connectivity index (χ3v) is 5.56. The van der Waals surface area contributed by atoms with Gasteiger partial charge in [0, 0.05) is 17.3 Å². The van der Waals surface area contributed by atoms with Gasteiger partial charge in [0.05, 0.1) is 28.9 Å². The molecule has 1 N–H and O–H groups in total. The second-order valence-corrected chi connectivity index (χ2v) is 8.74. The molecule has 0 saturated heterocycles. The maximum atomic E-state index is 15.3. The highest BCUT2D eigenvalue weighted by molar-refractivity contribution is 5.87. The summed E-state index contributed by atoms with van der Waals surface area (Å²) in [5.74, 6) is -2.95. The molecule has 2 aliphatic rings. The van der Waals surface area contributed by atoms with Crippen LogP contribution >= 0.6 is 0 Å². The smallest absolute Gasteiger partial charge is 0.328 e. The lowest BCUT2D eigenvalue weighted by molar-refractivity contribution is -0.131. The quantitative estimate of drug-likeness (QED) is 0.714. The topological polar surface area (TPSA) is 52.9 Å². The number of carboxylic acids is 1. The molecule has 2 heterocycles. The zero-order valence-corrected chi connectivity index (χ0v) is 18.0. The molecule has 4 nitrogen and oxygen atoms in total. The molecule has 2 aliphatic heterocycles. The Kier molecular flexibility index (Phi) is 5.44. The van der Waals surface area contributed by atoms with Crippen molar-refractivity contribution in [2.24, 2.45) is 4.99 Å². The molecular formula is C25H23F3N2O2. The molecule has 7 heteroatoms. The molecular weight excluding hydrogens is 417 g/mol. The van der Waals surface area contributed by atoms with Gasteiger partial charge >= 0.3 is 5.97 Å². The standard InChI is InChI=1S/C25H23F3N2O2/c1-14-10-17-16-6-4-5-7-20(16)29-23(17)24(30(14)13-25(2,3)28)22-18(26)11-15(12-19(22)27)8-9-21(31)32/h4-9,11-12,14H,10,13H2,1-3H3,(H,31,32)/b9-8+/t14-/m1/s1. The zero-order valence-electron chi connectivity index (χ0n) is 18.0. The first-order valence-electron chi connectivity index (χ1n) is 10.3. The monoisotopic (exact) mass is 440 g/mol. The van der Waals surface area contributed by atoms with Crippen molar-refractivity contribution in [3.63, 3.8) is 0 Å². The molecule has 0 spiro atoms. The van der Waals surface area contributed by atoms with Gasteiger partial charge in [0.15, 0.2) is 0 Å². The number of hydrogen-bond acceptors (Lipinski definition) is 3. The maximum Gasteiger partial charge on any atom is 0.328 e. The first kappa shape index (κ1) is 21.9. The lowest BCUT2D eigenvalue weighted by Gasteiger charge is -2.41. The maximum absolute atomic E-state index is 15.3. The summed E-state index contributed by atoms with van der Waals surface area (Å²) in [6.07, 6.45) is 2.50. The van der Waals surface area contributed by atoms with Gasteiger partial charge < -0.3 is 10.0 Å². The van der Waals surface area contributed by atoms with E-state index in [1.54, 1.807) is 4.90 Å². The van der Waals surface area contributed by atoms with E-state index < -0.39 is 23.3 Å². The van der Waals surface area contributed by atoms with Crippen LogP contribution in [-0.4, -0.2) is 34.2 Å². The van der Waals surface area contributed by atoms with Crippen LogP contribution in [0.15, 0.2) is 53.2 Å². The molecule has 0 saturated carbocycles. The van der Waals surface area contributed by atoms with Crippen molar-refractivity contribution in [2.45, 2.75) is 38.9 Å². The summed E-state index contributed by atoms with van der Waals surface area (Å²) in [6, 6.07) is 9.42. The fourth-order valence-corrected chi connectivity index (χ4v) is 4.29. The van der Waals surface area contributed by atoms with Crippen LogP contribution in [0.2, 0.25) is 0 Å². The number of benzene rings is 2. The Morgan fingerprint density at radius 2 is 1.91 bits per heavy atom. The Morgan fingerprint density at radius 3 is 2.53 bits per heavy atom. The largest absolute Gasteiger partial charge is 0.478 e. The van der Waals surface area contributed by atoms with Gasteiger partial charge in [-0.05, 0) is 62.6 Å². The van der Waals surface area contributed by atoms with Crippen molar-refractivity contribution < 1.29 is 23.1 Å². The summed E-state index contributed by atoms with van der Waals surface area (Å²) in [5.41, 5.74) is -0.291. The van der Waals surface area contributed by atoms with E-state index in [1.165, 1.54) is 13.8 Å². The van der Waals surface area contributed by atoms with Crippen LogP contribution in [0.1, 0.15) is 38.3 Å². The van der Waals surface area contributed by atoms with Gasteiger partial charge in [-0.1, -0.05) is 18.2 Å². The Morgan fingerprint density at radius 1 is 1.25 bits per heavy atom. The minimum Gasteiger partial charge on any atom is -0.478 e. The SMILES string of the molecule is C[C@@H]1CC2=c3ccccc3=NC2=C(c2c(F)cc(/C=C/C(=O)O)cc2F)N1CC(C)(C)F. The van der Waals surface area contributed by atoms with Gasteiger partial charge in [0.1, 0.15) is 17.3 Å². The van der Waals surface area contributed by atoms with E-state index in [-0.39, 0.29) is 29.4 Å². The highest BCUT2D eigenvalue weighted by Gasteiger charge is 2.37. The van der Waals surface area contributed by atoms with Crippen LogP contribution in [0.4, 0.5) is 13.2 Å². The second-order valence-electron chi connectivity index (χ2n) is 8.74. The van der Waals surface area contributed by atoms with Crippen LogP contribution in [0.3, 0.4) is 0 Å². The van der Waals surface area contributed by atoms with E-state index in [1.807, 2.05) is 31.2 Å². The molecule has 0 bridgehead atoms. The van der Waals surface area contributed by atoms with Crippen molar-refractivity contribution in [2.75, 3.05) is 6.54 Å². The summed E-state index contributed by atoms with van der Waals surface area (Å²) < 4.78 is 45.4. The van der Waals surface area contributed by atoms with E-state index in [4.69, 9.17) is 5.11 Å². The number of alkyl halides is 1. The van der Waals surface area contributed by atoms with Crippen LogP contribution < -0.4 is 10.6 Å². The number of allylic oxidation sites excluding steroid dienone is 1. The molecule has 32 heavy (non-hydrogen) atoms. The van der Waals surface area contributed by atoms with Gasteiger partial charge in [0.2, 0.25) is 0 Å². The van der Waals surface area contributed by atoms with Gasteiger partial charge in [0.25, 0.3) is 0 Å². The first-order valence-corrected chi connectivity index (χ1v) is 10.3. The molecule has 2 aromatic rings. The van der Waals surface area contributed by atoms with Gasteiger partial charge in [-0.25, -0.2) is 23.0 Å². The number of carboxylic acid groups (broad SMARTS) is 1. The third kappa shape index (κ3) is 4.07. The lowest BCUT2D eigenvalue weighted by Crippen LogP contribution is -2.43. The number of hydrogen-bond donors (Lipinski definition) is 1. The minimum absolute atomic E-state index is 0.0638. The molecule has 4 rings (SSSR count). The normalized spacial score (nSPS) is 18.1. The van der Waals surface area contributed by atoms with Gasteiger partial charge in [-0.15, -0.1) is 0 Å². The van der Waals surface area contributed by atoms with Gasteiger partial charge in [-0.2, -0.15) is 0 Å². The highest BCUT2D eigenvalue weighted by atomic mass is 19.1. The fraction of sp³-hybridized carbons (Fsp3) is 0.280. The highest BCUT2D eigenvalue weighted by Crippen LogP contribution is 2.41. The average Bonchev–Trinajstić information content (AvgIpc) is 3.05. The van der Waals surface area contributed by atoms with Crippen molar-refractivity contribution in [1.82, 2.24) is 4.90 Å². The Bertz CT molecular complexity index is 1270. The number of halogens is 3. The predicted octanol–water partition coefficient (Wildman–Crippen LogP) is 4.06. The molecule has 0 unspecified atom stereocenters. The van der Waals surface area contributed by atoms with E-state index in [9.17, 15) is 9.18 Å². The summed E-state index contributed by atoms with van der Waals surface area (Å²) in [7, 11) is 0. The van der Waals surface area contributed by atoms with E-state index in [0.29, 0.717) is 17.5 Å². The third-order valence-electron chi connectivity index (χ3n) is 5.56. The second kappa shape index (κ2) is 7.97. The Labute approximate surface area is 183 Å². The molecule has 166 valence electrons. The zero-order chi connectivity index (χ0) is 23.2. The number of aliphatic carboxylic acids is 1. The van der Waals surface area contributed by atoms with Crippen LogP contribution in [-0.2, 0) is 4.79 Å². The number of para-hydroxylation sites is 1. The number of rotatable bonds is 5.